The van der Waals surface area contributed by atoms with Crippen LogP contribution in [0, 0.1) is 22.9 Å². The molecule has 0 heterocycles. The second-order valence-corrected chi connectivity index (χ2v) is 4.98. The van der Waals surface area contributed by atoms with Crippen LogP contribution in [0.5, 0.6) is 0 Å². The van der Waals surface area contributed by atoms with Gasteiger partial charge in [0.15, 0.2) is 0 Å². The molecule has 7 heteroatoms. The van der Waals surface area contributed by atoms with Crippen molar-refractivity contribution in [2.75, 3.05) is 11.9 Å². The van der Waals surface area contributed by atoms with E-state index in [0.29, 0.717) is 12.2 Å². The van der Waals surface area contributed by atoms with Crippen LogP contribution in [-0.2, 0) is 11.3 Å². The van der Waals surface area contributed by atoms with Crippen molar-refractivity contribution in [1.82, 2.24) is 5.32 Å². The standard InChI is InChI=1S/C16H16FN3O3/c1-11-4-2-3-5-12(11)9-19-16(21)10-18-13-6-7-14(17)15(8-13)20(22)23/h2-8,18H,9-10H2,1H3,(H,19,21). The van der Waals surface area contributed by atoms with Gasteiger partial charge in [0.1, 0.15) is 0 Å². The molecule has 0 spiro atoms. The summed E-state index contributed by atoms with van der Waals surface area (Å²) >= 11 is 0. The van der Waals surface area contributed by atoms with Gasteiger partial charge in [-0.15, -0.1) is 0 Å². The number of nitro benzene ring substituents is 1. The summed E-state index contributed by atoms with van der Waals surface area (Å²) in [6.45, 7) is 2.29. The maximum absolute atomic E-state index is 13.2. The number of nitrogens with one attached hydrogen (secondary N) is 2. The van der Waals surface area contributed by atoms with Gasteiger partial charge in [-0.3, -0.25) is 14.9 Å². The van der Waals surface area contributed by atoms with Crippen molar-refractivity contribution in [3.05, 3.63) is 69.5 Å². The largest absolute Gasteiger partial charge is 0.376 e. The number of amides is 1. The molecular formula is C16H16FN3O3. The van der Waals surface area contributed by atoms with E-state index in [9.17, 15) is 19.3 Å². The number of benzene rings is 2. The molecule has 0 aliphatic heterocycles. The first-order chi connectivity index (χ1) is 11.0. The minimum atomic E-state index is -0.912. The summed E-state index contributed by atoms with van der Waals surface area (Å²) in [6, 6.07) is 11.1. The average molecular weight is 317 g/mol. The fourth-order valence-corrected chi connectivity index (χ4v) is 2.01. The molecular weight excluding hydrogens is 301 g/mol. The second-order valence-electron chi connectivity index (χ2n) is 4.98. The molecule has 0 bridgehead atoms. The minimum absolute atomic E-state index is 0.0608. The number of carbonyl (C=O) groups excluding carboxylic acids is 1. The fourth-order valence-electron chi connectivity index (χ4n) is 2.01. The van der Waals surface area contributed by atoms with Crippen LogP contribution in [0.4, 0.5) is 15.8 Å². The van der Waals surface area contributed by atoms with Gasteiger partial charge >= 0.3 is 5.69 Å². The van der Waals surface area contributed by atoms with Crippen LogP contribution in [0.3, 0.4) is 0 Å². The first kappa shape index (κ1) is 16.4. The molecule has 0 fully saturated rings. The molecule has 0 aromatic heterocycles. The highest BCUT2D eigenvalue weighted by atomic mass is 19.1. The smallest absolute Gasteiger partial charge is 0.306 e. The van der Waals surface area contributed by atoms with Gasteiger partial charge in [0, 0.05) is 18.3 Å². The third-order valence-electron chi connectivity index (χ3n) is 3.33. The SMILES string of the molecule is Cc1ccccc1CNC(=O)CNc1ccc(F)c([N+](=O)[O-])c1. The van der Waals surface area contributed by atoms with Crippen LogP contribution < -0.4 is 10.6 Å². The number of nitrogens with zero attached hydrogens (tertiary/aromatic N) is 1. The number of hydrogen-bond donors (Lipinski definition) is 2. The molecule has 2 aromatic rings. The van der Waals surface area contributed by atoms with Gasteiger partial charge < -0.3 is 10.6 Å². The summed E-state index contributed by atoms with van der Waals surface area (Å²) in [5, 5.41) is 16.1. The molecule has 0 aliphatic rings. The predicted octanol–water partition coefficient (Wildman–Crippen LogP) is 2.77. The number of hydrogen-bond acceptors (Lipinski definition) is 4. The van der Waals surface area contributed by atoms with E-state index in [1.54, 1.807) is 0 Å². The normalized spacial score (nSPS) is 10.2. The summed E-state index contributed by atoms with van der Waals surface area (Å²) in [6.07, 6.45) is 0. The molecule has 6 nitrogen and oxygen atoms in total. The lowest BCUT2D eigenvalue weighted by Crippen LogP contribution is -2.29. The Kier molecular flexibility index (Phi) is 5.24. The van der Waals surface area contributed by atoms with E-state index in [4.69, 9.17) is 0 Å². The summed E-state index contributed by atoms with van der Waals surface area (Å²) < 4.78 is 13.2. The second kappa shape index (κ2) is 7.35. The van der Waals surface area contributed by atoms with Crippen molar-refractivity contribution >= 4 is 17.3 Å². The topological polar surface area (TPSA) is 84.3 Å². The summed E-state index contributed by atoms with van der Waals surface area (Å²) in [5.74, 6) is -1.18. The lowest BCUT2D eigenvalue weighted by molar-refractivity contribution is -0.387. The summed E-state index contributed by atoms with van der Waals surface area (Å²) in [7, 11) is 0. The highest BCUT2D eigenvalue weighted by Gasteiger charge is 2.14. The van der Waals surface area contributed by atoms with Gasteiger partial charge in [-0.2, -0.15) is 4.39 Å². The maximum atomic E-state index is 13.2. The van der Waals surface area contributed by atoms with Crippen molar-refractivity contribution in [2.45, 2.75) is 13.5 Å². The van der Waals surface area contributed by atoms with Crippen LogP contribution in [0.25, 0.3) is 0 Å². The Morgan fingerprint density at radius 1 is 1.26 bits per heavy atom. The summed E-state index contributed by atoms with van der Waals surface area (Å²) in [4.78, 5) is 21.7. The third-order valence-corrected chi connectivity index (χ3v) is 3.33. The monoisotopic (exact) mass is 317 g/mol. The number of halogens is 1. The number of aryl methyl sites for hydroxylation is 1. The minimum Gasteiger partial charge on any atom is -0.376 e. The highest BCUT2D eigenvalue weighted by molar-refractivity contribution is 5.80. The van der Waals surface area contributed by atoms with E-state index in [1.807, 2.05) is 31.2 Å². The number of anilines is 1. The van der Waals surface area contributed by atoms with Gasteiger partial charge in [-0.25, -0.2) is 0 Å². The van der Waals surface area contributed by atoms with E-state index in [0.717, 1.165) is 23.3 Å². The number of carbonyl (C=O) groups is 1. The quantitative estimate of drug-likeness (QED) is 0.634. The lowest BCUT2D eigenvalue weighted by atomic mass is 10.1. The van der Waals surface area contributed by atoms with E-state index in [1.165, 1.54) is 6.07 Å². The fraction of sp³-hybridized carbons (Fsp3) is 0.188. The van der Waals surface area contributed by atoms with Crippen molar-refractivity contribution in [1.29, 1.82) is 0 Å². The Bertz CT molecular complexity index is 734. The molecule has 2 N–H and O–H groups in total. The van der Waals surface area contributed by atoms with Crippen LogP contribution in [0.15, 0.2) is 42.5 Å². The Morgan fingerprint density at radius 3 is 2.70 bits per heavy atom. The zero-order valence-corrected chi connectivity index (χ0v) is 12.5. The zero-order valence-electron chi connectivity index (χ0n) is 12.5. The Morgan fingerprint density at radius 2 is 2.00 bits per heavy atom. The first-order valence-corrected chi connectivity index (χ1v) is 6.96. The Balaban J connectivity index is 1.88. The molecule has 0 aliphatic carbocycles. The summed E-state index contributed by atoms with van der Waals surface area (Å²) in [5.41, 5.74) is 1.77. The molecule has 0 unspecified atom stereocenters. The van der Waals surface area contributed by atoms with Crippen LogP contribution in [0.2, 0.25) is 0 Å². The third kappa shape index (κ3) is 4.50. The lowest BCUT2D eigenvalue weighted by Gasteiger charge is -2.09. The Hall–Kier alpha value is -2.96. The van der Waals surface area contributed by atoms with Crippen molar-refractivity contribution in [2.24, 2.45) is 0 Å². The molecule has 0 atom stereocenters. The van der Waals surface area contributed by atoms with E-state index in [2.05, 4.69) is 10.6 Å². The maximum Gasteiger partial charge on any atom is 0.306 e. The number of nitro groups is 1. The highest BCUT2D eigenvalue weighted by Crippen LogP contribution is 2.21. The van der Waals surface area contributed by atoms with Gasteiger partial charge in [0.05, 0.1) is 11.5 Å². The molecule has 0 saturated heterocycles. The first-order valence-electron chi connectivity index (χ1n) is 6.96. The molecule has 0 saturated carbocycles. The van der Waals surface area contributed by atoms with Gasteiger partial charge in [0.2, 0.25) is 11.7 Å². The van der Waals surface area contributed by atoms with Crippen molar-refractivity contribution in [3.8, 4) is 0 Å². The van der Waals surface area contributed by atoms with Gasteiger partial charge in [-0.05, 0) is 30.2 Å². The molecule has 0 radical (unpaired) electrons. The van der Waals surface area contributed by atoms with E-state index in [-0.39, 0.29) is 12.5 Å². The van der Waals surface area contributed by atoms with E-state index >= 15 is 0 Å². The molecule has 2 rings (SSSR count). The Labute approximate surface area is 132 Å². The van der Waals surface area contributed by atoms with Gasteiger partial charge in [-0.1, -0.05) is 24.3 Å². The predicted molar refractivity (Wildman–Crippen MR) is 84.6 cm³/mol. The molecule has 120 valence electrons. The van der Waals surface area contributed by atoms with Crippen LogP contribution >= 0.6 is 0 Å². The average Bonchev–Trinajstić information content (AvgIpc) is 2.53. The van der Waals surface area contributed by atoms with Crippen LogP contribution in [0.1, 0.15) is 11.1 Å². The molecule has 1 amide bonds. The molecule has 2 aromatic carbocycles. The van der Waals surface area contributed by atoms with Crippen LogP contribution in [-0.4, -0.2) is 17.4 Å². The van der Waals surface area contributed by atoms with Crippen molar-refractivity contribution < 1.29 is 14.1 Å². The number of rotatable bonds is 6. The van der Waals surface area contributed by atoms with Crippen molar-refractivity contribution in [3.63, 3.8) is 0 Å². The molecule has 23 heavy (non-hydrogen) atoms. The zero-order chi connectivity index (χ0) is 16.8. The van der Waals surface area contributed by atoms with E-state index < -0.39 is 16.4 Å². The van der Waals surface area contributed by atoms with Gasteiger partial charge in [0.25, 0.3) is 0 Å².